The molecule has 0 radical (unpaired) electrons. The number of carbonyl (C=O) groups is 1. The highest BCUT2D eigenvalue weighted by atomic mass is 16.4. The van der Waals surface area contributed by atoms with Gasteiger partial charge in [0.2, 0.25) is 0 Å². The van der Waals surface area contributed by atoms with E-state index in [1.165, 1.54) is 19.3 Å². The van der Waals surface area contributed by atoms with Crippen LogP contribution in [0.5, 0.6) is 0 Å². The Balaban J connectivity index is 2.42. The van der Waals surface area contributed by atoms with Gasteiger partial charge in [0.1, 0.15) is 0 Å². The van der Waals surface area contributed by atoms with Crippen LogP contribution in [0.15, 0.2) is 11.6 Å². The average molecular weight is 227 g/mol. The summed E-state index contributed by atoms with van der Waals surface area (Å²) in [6.07, 6.45) is 6.19. The summed E-state index contributed by atoms with van der Waals surface area (Å²) in [6, 6.07) is 0.587. The molecule has 1 rings (SSSR count). The Morgan fingerprint density at radius 3 is 2.62 bits per heavy atom. The second-order valence-corrected chi connectivity index (χ2v) is 4.35. The summed E-state index contributed by atoms with van der Waals surface area (Å²) in [7, 11) is 0. The second-order valence-electron chi connectivity index (χ2n) is 4.35. The van der Waals surface area contributed by atoms with Gasteiger partial charge in [-0.1, -0.05) is 12.5 Å². The minimum absolute atomic E-state index is 0.199. The van der Waals surface area contributed by atoms with Crippen molar-refractivity contribution in [3.05, 3.63) is 11.6 Å². The molecule has 1 aliphatic carbocycles. The number of aliphatic hydroxyl groups excluding tert-OH is 1. The molecule has 16 heavy (non-hydrogen) atoms. The molecule has 1 saturated carbocycles. The van der Waals surface area contributed by atoms with E-state index in [9.17, 15) is 4.79 Å². The van der Waals surface area contributed by atoms with Crippen molar-refractivity contribution >= 4 is 5.97 Å². The van der Waals surface area contributed by atoms with Gasteiger partial charge in [-0.25, -0.2) is 4.79 Å². The van der Waals surface area contributed by atoms with Crippen LogP contribution in [-0.4, -0.2) is 46.8 Å². The van der Waals surface area contributed by atoms with Crippen LogP contribution >= 0.6 is 0 Å². The third-order valence-electron chi connectivity index (χ3n) is 3.16. The maximum Gasteiger partial charge on any atom is 0.330 e. The lowest BCUT2D eigenvalue weighted by atomic mass is 9.91. The standard InChI is InChI=1S/C12H21NO3/c1-10(12(15)16)6-8-13(7-3-9-14)11-4-2-5-11/h6,11,14H,2-5,7-9H2,1H3,(H,15,16). The van der Waals surface area contributed by atoms with Gasteiger partial charge in [0.05, 0.1) is 0 Å². The van der Waals surface area contributed by atoms with E-state index in [1.807, 2.05) is 0 Å². The predicted octanol–water partition coefficient (Wildman–Crippen LogP) is 1.25. The molecule has 0 aliphatic heterocycles. The zero-order valence-electron chi connectivity index (χ0n) is 9.85. The molecule has 1 fully saturated rings. The van der Waals surface area contributed by atoms with E-state index < -0.39 is 5.97 Å². The predicted molar refractivity (Wildman–Crippen MR) is 62.3 cm³/mol. The normalized spacial score (nSPS) is 17.6. The zero-order chi connectivity index (χ0) is 12.0. The molecule has 2 N–H and O–H groups in total. The maximum atomic E-state index is 10.7. The molecule has 0 aromatic heterocycles. The number of carboxylic acid groups (broad SMARTS) is 1. The molecule has 0 amide bonds. The highest BCUT2D eigenvalue weighted by Crippen LogP contribution is 2.24. The molecule has 1 aliphatic rings. The molecule has 92 valence electrons. The molecule has 0 unspecified atom stereocenters. The Labute approximate surface area is 96.6 Å². The van der Waals surface area contributed by atoms with Gasteiger partial charge in [-0.05, 0) is 26.2 Å². The van der Waals surface area contributed by atoms with E-state index in [4.69, 9.17) is 10.2 Å². The summed E-state index contributed by atoms with van der Waals surface area (Å²) in [5.74, 6) is -0.851. The average Bonchev–Trinajstić information content (AvgIpc) is 2.18. The van der Waals surface area contributed by atoms with Crippen LogP contribution < -0.4 is 0 Å². The highest BCUT2D eigenvalue weighted by Gasteiger charge is 2.23. The quantitative estimate of drug-likeness (QED) is 0.643. The second kappa shape index (κ2) is 6.66. The fourth-order valence-corrected chi connectivity index (χ4v) is 1.79. The van der Waals surface area contributed by atoms with E-state index in [0.29, 0.717) is 18.2 Å². The lowest BCUT2D eigenvalue weighted by Gasteiger charge is -2.37. The van der Waals surface area contributed by atoms with Gasteiger partial charge in [-0.3, -0.25) is 4.90 Å². The van der Waals surface area contributed by atoms with Gasteiger partial charge < -0.3 is 10.2 Å². The van der Waals surface area contributed by atoms with Crippen LogP contribution in [0.4, 0.5) is 0 Å². The first-order chi connectivity index (χ1) is 7.65. The fourth-order valence-electron chi connectivity index (χ4n) is 1.79. The summed E-state index contributed by atoms with van der Waals surface area (Å²) in [5, 5.41) is 17.6. The van der Waals surface area contributed by atoms with E-state index in [-0.39, 0.29) is 6.61 Å². The third-order valence-corrected chi connectivity index (χ3v) is 3.16. The zero-order valence-corrected chi connectivity index (χ0v) is 9.85. The summed E-state index contributed by atoms with van der Waals surface area (Å²) in [6.45, 7) is 3.35. The molecule has 0 aromatic carbocycles. The Morgan fingerprint density at radius 2 is 2.19 bits per heavy atom. The topological polar surface area (TPSA) is 60.8 Å². The molecule has 4 heteroatoms. The number of hydrogen-bond donors (Lipinski definition) is 2. The summed E-state index contributed by atoms with van der Waals surface area (Å²) in [5.41, 5.74) is 0.397. The van der Waals surface area contributed by atoms with E-state index in [2.05, 4.69) is 4.90 Å². The first-order valence-electron chi connectivity index (χ1n) is 5.90. The number of aliphatic carboxylic acids is 1. The number of aliphatic hydroxyl groups is 1. The lowest BCUT2D eigenvalue weighted by Crippen LogP contribution is -2.41. The molecule has 0 heterocycles. The van der Waals surface area contributed by atoms with E-state index >= 15 is 0 Å². The van der Waals surface area contributed by atoms with Gasteiger partial charge in [-0.15, -0.1) is 0 Å². The number of carboxylic acids is 1. The van der Waals surface area contributed by atoms with Gasteiger partial charge in [0.15, 0.2) is 0 Å². The summed E-state index contributed by atoms with van der Waals surface area (Å²) in [4.78, 5) is 12.9. The molecular formula is C12H21NO3. The van der Waals surface area contributed by atoms with Gasteiger partial charge in [-0.2, -0.15) is 0 Å². The minimum Gasteiger partial charge on any atom is -0.478 e. The van der Waals surface area contributed by atoms with Crippen molar-refractivity contribution in [3.63, 3.8) is 0 Å². The Hall–Kier alpha value is -0.870. The smallest absolute Gasteiger partial charge is 0.330 e. The van der Waals surface area contributed by atoms with E-state index in [1.54, 1.807) is 13.0 Å². The first-order valence-corrected chi connectivity index (χ1v) is 5.90. The lowest BCUT2D eigenvalue weighted by molar-refractivity contribution is -0.132. The first kappa shape index (κ1) is 13.2. The number of nitrogens with zero attached hydrogens (tertiary/aromatic N) is 1. The Bertz CT molecular complexity index is 259. The van der Waals surface area contributed by atoms with Crippen molar-refractivity contribution < 1.29 is 15.0 Å². The van der Waals surface area contributed by atoms with Crippen LogP contribution in [0.1, 0.15) is 32.6 Å². The van der Waals surface area contributed by atoms with Crippen LogP contribution in [-0.2, 0) is 4.79 Å². The van der Waals surface area contributed by atoms with Crippen LogP contribution in [0.25, 0.3) is 0 Å². The van der Waals surface area contributed by atoms with Crippen molar-refractivity contribution in [2.24, 2.45) is 0 Å². The molecule has 4 nitrogen and oxygen atoms in total. The maximum absolute atomic E-state index is 10.7. The van der Waals surface area contributed by atoms with Crippen LogP contribution in [0.3, 0.4) is 0 Å². The van der Waals surface area contributed by atoms with Crippen molar-refractivity contribution in [2.45, 2.75) is 38.6 Å². The van der Waals surface area contributed by atoms with Crippen molar-refractivity contribution in [1.29, 1.82) is 0 Å². The largest absolute Gasteiger partial charge is 0.478 e. The minimum atomic E-state index is -0.851. The molecule has 0 aromatic rings. The van der Waals surface area contributed by atoms with Gasteiger partial charge >= 0.3 is 5.97 Å². The monoisotopic (exact) mass is 227 g/mol. The Morgan fingerprint density at radius 1 is 1.50 bits per heavy atom. The molecule has 0 atom stereocenters. The van der Waals surface area contributed by atoms with E-state index in [0.717, 1.165) is 13.0 Å². The molecule has 0 saturated heterocycles. The van der Waals surface area contributed by atoms with Crippen molar-refractivity contribution in [3.8, 4) is 0 Å². The Kier molecular flexibility index (Phi) is 5.49. The molecular weight excluding hydrogens is 206 g/mol. The number of hydrogen-bond acceptors (Lipinski definition) is 3. The van der Waals surface area contributed by atoms with Crippen LogP contribution in [0.2, 0.25) is 0 Å². The SMILES string of the molecule is CC(=CCN(CCCO)C1CCC1)C(=O)O. The molecule has 0 spiro atoms. The third kappa shape index (κ3) is 3.94. The number of rotatable bonds is 7. The van der Waals surface area contributed by atoms with Crippen LogP contribution in [0, 0.1) is 0 Å². The molecule has 0 bridgehead atoms. The van der Waals surface area contributed by atoms with Gasteiger partial charge in [0, 0.05) is 31.3 Å². The van der Waals surface area contributed by atoms with Gasteiger partial charge in [0.25, 0.3) is 0 Å². The highest BCUT2D eigenvalue weighted by molar-refractivity contribution is 5.85. The summed E-state index contributed by atoms with van der Waals surface area (Å²) < 4.78 is 0. The van der Waals surface area contributed by atoms with Crippen molar-refractivity contribution in [2.75, 3.05) is 19.7 Å². The van der Waals surface area contributed by atoms with Crippen molar-refractivity contribution in [1.82, 2.24) is 4.90 Å². The summed E-state index contributed by atoms with van der Waals surface area (Å²) >= 11 is 0. The fraction of sp³-hybridized carbons (Fsp3) is 0.750.